The number of hydrogen-bond donors (Lipinski definition) is 5. The van der Waals surface area contributed by atoms with Crippen LogP contribution >= 0.6 is 0 Å². The highest BCUT2D eigenvalue weighted by atomic mass is 16.6. The number of likely N-dealkylation sites (tertiary alicyclic amines) is 1. The van der Waals surface area contributed by atoms with E-state index in [0.717, 1.165) is 37.8 Å². The fourth-order valence-electron chi connectivity index (χ4n) is 5.27. The highest BCUT2D eigenvalue weighted by Gasteiger charge is 2.38. The van der Waals surface area contributed by atoms with Gasteiger partial charge in [0.15, 0.2) is 0 Å². The number of urea groups is 2. The second-order valence-electron chi connectivity index (χ2n) is 11.3. The van der Waals surface area contributed by atoms with Gasteiger partial charge in [-0.3, -0.25) is 4.90 Å². The van der Waals surface area contributed by atoms with E-state index in [1.807, 2.05) is 83.1 Å². The normalized spacial score (nSPS) is 21.4. The number of nitrogens with one attached hydrogen (secondary N) is 5. The first-order chi connectivity index (χ1) is 20.6. The number of ether oxygens (including phenoxy) is 1. The van der Waals surface area contributed by atoms with Gasteiger partial charge in [0.2, 0.25) is 0 Å². The van der Waals surface area contributed by atoms with E-state index in [9.17, 15) is 14.4 Å². The lowest BCUT2D eigenvalue weighted by atomic mass is 9.90. The second-order valence-corrected chi connectivity index (χ2v) is 11.3. The average molecular weight is 597 g/mol. The first kappa shape index (κ1) is 35.4. The third-order valence-electron chi connectivity index (χ3n) is 7.10. The van der Waals surface area contributed by atoms with Gasteiger partial charge in [-0.05, 0) is 64.1 Å². The van der Waals surface area contributed by atoms with Gasteiger partial charge in [-0.2, -0.15) is 0 Å². The third kappa shape index (κ3) is 11.4. The van der Waals surface area contributed by atoms with Crippen LogP contribution in [0.2, 0.25) is 0 Å². The number of nitrogens with zero attached hydrogens (tertiary/aromatic N) is 1. The molecule has 5 N–H and O–H groups in total. The van der Waals surface area contributed by atoms with Gasteiger partial charge in [-0.25, -0.2) is 14.4 Å². The topological polar surface area (TPSA) is 124 Å². The van der Waals surface area contributed by atoms with E-state index < -0.39 is 5.60 Å². The summed E-state index contributed by atoms with van der Waals surface area (Å²) in [6.07, 6.45) is 3.39. The summed E-state index contributed by atoms with van der Waals surface area (Å²) in [5, 5.41) is 14.6. The molecule has 0 aliphatic carbocycles. The third-order valence-corrected chi connectivity index (χ3v) is 7.10. The van der Waals surface area contributed by atoms with Gasteiger partial charge in [0, 0.05) is 20.6 Å². The Labute approximate surface area is 257 Å². The van der Waals surface area contributed by atoms with Crippen LogP contribution < -0.4 is 26.6 Å². The summed E-state index contributed by atoms with van der Waals surface area (Å²) in [4.78, 5) is 37.6. The summed E-state index contributed by atoms with van der Waals surface area (Å²) in [5.41, 5.74) is 1.66. The lowest BCUT2D eigenvalue weighted by molar-refractivity contribution is 0.00464. The molecule has 2 aromatic carbocycles. The van der Waals surface area contributed by atoms with Gasteiger partial charge in [0.1, 0.15) is 5.60 Å². The molecule has 0 saturated carbocycles. The SMILES string of the molecule is CC.CNC(=O)NC1CCCN(C(=O)OC(C)(C)C)C1c1ccccc1.CNC(=O)NC1CCCNC1c1ccccc1. The number of carbonyl (C=O) groups is 3. The molecule has 4 atom stereocenters. The van der Waals surface area contributed by atoms with Crippen molar-refractivity contribution in [3.05, 3.63) is 71.8 Å². The van der Waals surface area contributed by atoms with E-state index >= 15 is 0 Å². The number of piperidine rings is 2. The summed E-state index contributed by atoms with van der Waals surface area (Å²) in [7, 11) is 3.23. The first-order valence-corrected chi connectivity index (χ1v) is 15.4. The molecule has 0 radical (unpaired) electrons. The zero-order chi connectivity index (χ0) is 31.8. The van der Waals surface area contributed by atoms with Crippen LogP contribution in [-0.2, 0) is 4.74 Å². The van der Waals surface area contributed by atoms with Crippen molar-refractivity contribution >= 4 is 18.2 Å². The largest absolute Gasteiger partial charge is 0.444 e. The molecule has 10 nitrogen and oxygen atoms in total. The monoisotopic (exact) mass is 596 g/mol. The van der Waals surface area contributed by atoms with Crippen molar-refractivity contribution in [3.8, 4) is 0 Å². The van der Waals surface area contributed by atoms with Crippen LogP contribution in [0.5, 0.6) is 0 Å². The predicted molar refractivity (Wildman–Crippen MR) is 172 cm³/mol. The summed E-state index contributed by atoms with van der Waals surface area (Å²) in [6, 6.07) is 19.6. The van der Waals surface area contributed by atoms with Crippen molar-refractivity contribution in [2.45, 2.75) is 90.1 Å². The number of carbonyl (C=O) groups excluding carboxylic acids is 3. The molecule has 2 aromatic rings. The van der Waals surface area contributed by atoms with Crippen molar-refractivity contribution < 1.29 is 19.1 Å². The Balaban J connectivity index is 0.000000298. The molecule has 0 spiro atoms. The number of rotatable bonds is 4. The van der Waals surface area contributed by atoms with Crippen LogP contribution in [-0.4, -0.2) is 67.9 Å². The molecule has 2 aliphatic rings. The van der Waals surface area contributed by atoms with E-state index in [2.05, 4.69) is 38.7 Å². The highest BCUT2D eigenvalue weighted by molar-refractivity contribution is 5.75. The van der Waals surface area contributed by atoms with Crippen LogP contribution in [0.1, 0.15) is 83.5 Å². The summed E-state index contributed by atoms with van der Waals surface area (Å²) < 4.78 is 5.57. The lowest BCUT2D eigenvalue weighted by Crippen LogP contribution is -2.54. The minimum Gasteiger partial charge on any atom is -0.444 e. The minimum atomic E-state index is -0.556. The number of benzene rings is 2. The van der Waals surface area contributed by atoms with E-state index in [1.54, 1.807) is 19.0 Å². The van der Waals surface area contributed by atoms with E-state index in [1.165, 1.54) is 5.56 Å². The molecule has 5 amide bonds. The van der Waals surface area contributed by atoms with E-state index in [4.69, 9.17) is 4.74 Å². The summed E-state index contributed by atoms with van der Waals surface area (Å²) in [5.74, 6) is 0. The molecule has 2 heterocycles. The fourth-order valence-corrected chi connectivity index (χ4v) is 5.27. The van der Waals surface area contributed by atoms with Gasteiger partial charge in [0.25, 0.3) is 0 Å². The van der Waals surface area contributed by atoms with Gasteiger partial charge < -0.3 is 31.3 Å². The molecular formula is C33H52N6O4. The maximum atomic E-state index is 12.7. The Morgan fingerprint density at radius 2 is 1.30 bits per heavy atom. The van der Waals surface area contributed by atoms with Crippen molar-refractivity contribution in [2.75, 3.05) is 27.2 Å². The maximum Gasteiger partial charge on any atom is 0.410 e. The Morgan fingerprint density at radius 1 is 0.791 bits per heavy atom. The first-order valence-electron chi connectivity index (χ1n) is 15.4. The van der Waals surface area contributed by atoms with Gasteiger partial charge in [-0.15, -0.1) is 0 Å². The second kappa shape index (κ2) is 18.0. The van der Waals surface area contributed by atoms with Crippen LogP contribution in [0, 0.1) is 0 Å². The highest BCUT2D eigenvalue weighted by Crippen LogP contribution is 2.32. The predicted octanol–water partition coefficient (Wildman–Crippen LogP) is 5.49. The van der Waals surface area contributed by atoms with Crippen molar-refractivity contribution in [1.82, 2.24) is 31.5 Å². The zero-order valence-corrected chi connectivity index (χ0v) is 26.9. The van der Waals surface area contributed by atoms with Gasteiger partial charge >= 0.3 is 18.2 Å². The Bertz CT molecular complexity index is 1110. The average Bonchev–Trinajstić information content (AvgIpc) is 3.02. The minimum absolute atomic E-state index is 0.111. The Morgan fingerprint density at radius 3 is 1.84 bits per heavy atom. The molecule has 0 bridgehead atoms. The summed E-state index contributed by atoms with van der Waals surface area (Å²) >= 11 is 0. The zero-order valence-electron chi connectivity index (χ0n) is 26.9. The summed E-state index contributed by atoms with van der Waals surface area (Å²) in [6.45, 7) is 11.2. The molecular weight excluding hydrogens is 544 g/mol. The molecule has 2 fully saturated rings. The van der Waals surface area contributed by atoms with Gasteiger partial charge in [-0.1, -0.05) is 74.5 Å². The fraction of sp³-hybridized carbons (Fsp3) is 0.545. The molecule has 43 heavy (non-hydrogen) atoms. The molecule has 2 aliphatic heterocycles. The quantitative estimate of drug-likeness (QED) is 0.319. The molecule has 238 valence electrons. The van der Waals surface area contributed by atoms with E-state index in [0.29, 0.717) is 6.54 Å². The van der Waals surface area contributed by atoms with E-state index in [-0.39, 0.29) is 42.3 Å². The molecule has 4 rings (SSSR count). The van der Waals surface area contributed by atoms with Crippen LogP contribution in [0.25, 0.3) is 0 Å². The van der Waals surface area contributed by atoms with Crippen molar-refractivity contribution in [2.24, 2.45) is 0 Å². The maximum absolute atomic E-state index is 12.7. The number of hydrogen-bond acceptors (Lipinski definition) is 5. The van der Waals surface area contributed by atoms with Crippen LogP contribution in [0.3, 0.4) is 0 Å². The molecule has 0 aromatic heterocycles. The lowest BCUT2D eigenvalue weighted by Gasteiger charge is -2.42. The van der Waals surface area contributed by atoms with Crippen LogP contribution in [0.15, 0.2) is 60.7 Å². The van der Waals surface area contributed by atoms with Crippen LogP contribution in [0.4, 0.5) is 14.4 Å². The smallest absolute Gasteiger partial charge is 0.410 e. The van der Waals surface area contributed by atoms with Crippen molar-refractivity contribution in [1.29, 1.82) is 0 Å². The number of amides is 5. The molecule has 10 heteroatoms. The standard InChI is InChI=1S/C18H27N3O3.C13H19N3O.C2H6/c1-18(2,3)24-17(23)21-12-8-11-14(20-16(22)19-4)15(21)13-9-6-5-7-10-13;1-14-13(17)16-11-8-5-9-15-12(11)10-6-3-2-4-7-10;1-2/h5-7,9-10,14-15H,8,11-12H2,1-4H3,(H2,19,20,22);2-4,6-7,11-12,15H,5,8-9H2,1H3,(H2,14,16,17);1-2H3. The Kier molecular flexibility index (Phi) is 14.8. The molecule has 2 saturated heterocycles. The van der Waals surface area contributed by atoms with Gasteiger partial charge in [0.05, 0.1) is 24.2 Å². The molecule has 4 unspecified atom stereocenters. The van der Waals surface area contributed by atoms with Crippen molar-refractivity contribution in [3.63, 3.8) is 0 Å². The Hall–Kier alpha value is -3.79.